The zero-order valence-corrected chi connectivity index (χ0v) is 12.4. The van der Waals surface area contributed by atoms with Gasteiger partial charge in [-0.15, -0.1) is 13.2 Å². The number of benzene rings is 1. The van der Waals surface area contributed by atoms with Gasteiger partial charge in [-0.2, -0.15) is 4.31 Å². The van der Waals surface area contributed by atoms with Crippen molar-refractivity contribution >= 4 is 20.0 Å². The van der Waals surface area contributed by atoms with E-state index in [4.69, 9.17) is 5.14 Å². The molecule has 0 radical (unpaired) electrons. The third-order valence-corrected chi connectivity index (χ3v) is 5.18. The van der Waals surface area contributed by atoms with Crippen molar-refractivity contribution in [3.63, 3.8) is 0 Å². The van der Waals surface area contributed by atoms with Crippen molar-refractivity contribution in [1.82, 2.24) is 4.31 Å². The van der Waals surface area contributed by atoms with E-state index in [0.717, 1.165) is 10.4 Å². The van der Waals surface area contributed by atoms with Gasteiger partial charge in [-0.05, 0) is 18.2 Å². The number of primary sulfonamides is 1. The number of hydrogen-bond acceptors (Lipinski definition) is 4. The highest BCUT2D eigenvalue weighted by Crippen LogP contribution is 2.19. The molecule has 0 aliphatic heterocycles. The molecular weight excluding hydrogens is 300 g/mol. The van der Waals surface area contributed by atoms with Crippen molar-refractivity contribution in [2.75, 3.05) is 13.1 Å². The van der Waals surface area contributed by atoms with Gasteiger partial charge in [0.1, 0.15) is 0 Å². The topological polar surface area (TPSA) is 97.5 Å². The second-order valence-electron chi connectivity index (χ2n) is 3.92. The maximum absolute atomic E-state index is 12.4. The zero-order chi connectivity index (χ0) is 15.4. The zero-order valence-electron chi connectivity index (χ0n) is 10.8. The Hall–Kier alpha value is -1.48. The van der Waals surface area contributed by atoms with Crippen LogP contribution in [0.25, 0.3) is 0 Å². The van der Waals surface area contributed by atoms with Gasteiger partial charge in [-0.25, -0.2) is 22.0 Å². The van der Waals surface area contributed by atoms with E-state index in [9.17, 15) is 16.8 Å². The van der Waals surface area contributed by atoms with E-state index in [1.54, 1.807) is 0 Å². The fourth-order valence-corrected chi connectivity index (χ4v) is 3.58. The molecule has 0 saturated heterocycles. The molecule has 0 amide bonds. The van der Waals surface area contributed by atoms with Gasteiger partial charge in [-0.1, -0.05) is 18.2 Å². The molecule has 2 N–H and O–H groups in total. The van der Waals surface area contributed by atoms with Crippen LogP contribution in [0.3, 0.4) is 0 Å². The van der Waals surface area contributed by atoms with E-state index in [2.05, 4.69) is 13.2 Å². The van der Waals surface area contributed by atoms with Gasteiger partial charge in [0.05, 0.1) is 9.79 Å². The van der Waals surface area contributed by atoms with Gasteiger partial charge in [0.2, 0.25) is 20.0 Å². The lowest BCUT2D eigenvalue weighted by molar-refractivity contribution is 0.474. The molecule has 0 unspecified atom stereocenters. The molecule has 0 fully saturated rings. The predicted molar refractivity (Wildman–Crippen MR) is 77.0 cm³/mol. The summed E-state index contributed by atoms with van der Waals surface area (Å²) in [4.78, 5) is -0.400. The van der Waals surface area contributed by atoms with Crippen LogP contribution in [0.1, 0.15) is 0 Å². The number of nitrogens with zero attached hydrogens (tertiary/aromatic N) is 1. The average Bonchev–Trinajstić information content (AvgIpc) is 2.37. The van der Waals surface area contributed by atoms with Crippen molar-refractivity contribution in [1.29, 1.82) is 0 Å². The fraction of sp³-hybridized carbons (Fsp3) is 0.167. The van der Waals surface area contributed by atoms with Crippen LogP contribution in [0.15, 0.2) is 59.4 Å². The van der Waals surface area contributed by atoms with Gasteiger partial charge >= 0.3 is 0 Å². The summed E-state index contributed by atoms with van der Waals surface area (Å²) in [5.74, 6) is 0. The molecule has 0 aliphatic carbocycles. The summed E-state index contributed by atoms with van der Waals surface area (Å²) in [5, 5.41) is 4.99. The van der Waals surface area contributed by atoms with Crippen molar-refractivity contribution in [2.45, 2.75) is 9.79 Å². The molecule has 1 aromatic rings. The monoisotopic (exact) mass is 316 g/mol. The average molecular weight is 316 g/mol. The highest BCUT2D eigenvalue weighted by atomic mass is 32.2. The van der Waals surface area contributed by atoms with Gasteiger partial charge in [-0.3, -0.25) is 0 Å². The van der Waals surface area contributed by atoms with Crippen LogP contribution in [0.2, 0.25) is 0 Å². The quantitative estimate of drug-likeness (QED) is 0.749. The van der Waals surface area contributed by atoms with E-state index in [1.807, 2.05) is 0 Å². The maximum Gasteiger partial charge on any atom is 0.243 e. The molecule has 0 bridgehead atoms. The predicted octanol–water partition coefficient (Wildman–Crippen LogP) is 0.697. The first-order chi connectivity index (χ1) is 9.23. The molecule has 0 atom stereocenters. The summed E-state index contributed by atoms with van der Waals surface area (Å²) in [6, 6.07) is 4.90. The Morgan fingerprint density at radius 3 is 2.00 bits per heavy atom. The Balaban J connectivity index is 3.34. The second kappa shape index (κ2) is 6.31. The van der Waals surface area contributed by atoms with Gasteiger partial charge in [0.15, 0.2) is 0 Å². The van der Waals surface area contributed by atoms with Crippen LogP contribution in [-0.2, 0) is 20.0 Å². The van der Waals surface area contributed by atoms with E-state index in [0.29, 0.717) is 0 Å². The molecule has 0 spiro atoms. The third kappa shape index (κ3) is 3.76. The first-order valence-electron chi connectivity index (χ1n) is 5.58. The first-order valence-corrected chi connectivity index (χ1v) is 8.57. The fourth-order valence-electron chi connectivity index (χ4n) is 1.52. The lowest BCUT2D eigenvalue weighted by Gasteiger charge is -2.19. The molecule has 1 rings (SSSR count). The summed E-state index contributed by atoms with van der Waals surface area (Å²) in [6.45, 7) is 7.16. The van der Waals surface area contributed by atoms with E-state index < -0.39 is 20.0 Å². The Labute approximate surface area is 119 Å². The van der Waals surface area contributed by atoms with Crippen molar-refractivity contribution in [2.24, 2.45) is 5.14 Å². The SMILES string of the molecule is C=CCN(CC=C)S(=O)(=O)c1cccc(S(N)(=O)=O)c1. The largest absolute Gasteiger partial charge is 0.243 e. The number of sulfonamides is 2. The van der Waals surface area contributed by atoms with Crippen LogP contribution in [-0.4, -0.2) is 34.2 Å². The van der Waals surface area contributed by atoms with Crippen LogP contribution >= 0.6 is 0 Å². The van der Waals surface area contributed by atoms with E-state index >= 15 is 0 Å². The van der Waals surface area contributed by atoms with Crippen LogP contribution in [0.4, 0.5) is 0 Å². The Bertz CT molecular complexity index is 699. The standard InChI is InChI=1S/C12H16N2O4S2/c1-3-8-14(9-4-2)20(17,18)12-7-5-6-11(10-12)19(13,15)16/h3-7,10H,1-2,8-9H2,(H2,13,15,16). The van der Waals surface area contributed by atoms with Gasteiger partial charge in [0, 0.05) is 13.1 Å². The molecule has 0 heterocycles. The summed E-state index contributed by atoms with van der Waals surface area (Å²) in [6.07, 6.45) is 2.87. The van der Waals surface area contributed by atoms with Gasteiger partial charge < -0.3 is 0 Å². The van der Waals surface area contributed by atoms with Crippen LogP contribution in [0, 0.1) is 0 Å². The second-order valence-corrected chi connectivity index (χ2v) is 7.42. The number of nitrogens with two attached hydrogens (primary N) is 1. The lowest BCUT2D eigenvalue weighted by Crippen LogP contribution is -2.31. The van der Waals surface area contributed by atoms with Crippen LogP contribution < -0.4 is 5.14 Å². The Morgan fingerprint density at radius 1 is 1.05 bits per heavy atom. The summed E-state index contributed by atoms with van der Waals surface area (Å²) >= 11 is 0. The number of rotatable bonds is 7. The minimum absolute atomic E-state index is 0.0912. The summed E-state index contributed by atoms with van der Waals surface area (Å²) in [5.41, 5.74) is 0. The molecule has 0 aromatic heterocycles. The van der Waals surface area contributed by atoms with Crippen molar-refractivity contribution in [3.05, 3.63) is 49.6 Å². The lowest BCUT2D eigenvalue weighted by atomic mass is 10.4. The van der Waals surface area contributed by atoms with Crippen molar-refractivity contribution < 1.29 is 16.8 Å². The molecule has 20 heavy (non-hydrogen) atoms. The Morgan fingerprint density at radius 2 is 1.55 bits per heavy atom. The highest BCUT2D eigenvalue weighted by Gasteiger charge is 2.23. The molecule has 6 nitrogen and oxygen atoms in total. The molecule has 1 aromatic carbocycles. The maximum atomic E-state index is 12.4. The van der Waals surface area contributed by atoms with E-state index in [-0.39, 0.29) is 22.9 Å². The third-order valence-electron chi connectivity index (χ3n) is 2.44. The minimum atomic E-state index is -3.96. The highest BCUT2D eigenvalue weighted by molar-refractivity contribution is 7.90. The molecule has 0 aliphatic rings. The van der Waals surface area contributed by atoms with Crippen molar-refractivity contribution in [3.8, 4) is 0 Å². The molecule has 110 valence electrons. The van der Waals surface area contributed by atoms with Gasteiger partial charge in [0.25, 0.3) is 0 Å². The number of hydrogen-bond donors (Lipinski definition) is 1. The molecule has 0 saturated carbocycles. The molecular formula is C12H16N2O4S2. The molecule has 8 heteroatoms. The van der Waals surface area contributed by atoms with Crippen LogP contribution in [0.5, 0.6) is 0 Å². The summed E-state index contributed by atoms with van der Waals surface area (Å²) < 4.78 is 48.4. The first kappa shape index (κ1) is 16.6. The summed E-state index contributed by atoms with van der Waals surface area (Å²) in [7, 11) is -7.80. The smallest absolute Gasteiger partial charge is 0.225 e. The van der Waals surface area contributed by atoms with E-state index in [1.165, 1.54) is 30.4 Å². The minimum Gasteiger partial charge on any atom is -0.225 e. The normalized spacial score (nSPS) is 12.3. The Kier molecular flexibility index (Phi) is 5.23.